The molecule has 3 nitrogen and oxygen atoms in total. The molecule has 0 aromatic heterocycles. The Bertz CT molecular complexity index is 1060. The molecule has 1 saturated carbocycles. The fourth-order valence-corrected chi connectivity index (χ4v) is 4.47. The lowest BCUT2D eigenvalue weighted by Gasteiger charge is -2.29. The maximum atomic E-state index is 14.6. The average Bonchev–Trinajstić information content (AvgIpc) is 3.26. The van der Waals surface area contributed by atoms with Crippen LogP contribution in [0.3, 0.4) is 0 Å². The predicted molar refractivity (Wildman–Crippen MR) is 120 cm³/mol. The van der Waals surface area contributed by atoms with Crippen molar-refractivity contribution < 1.29 is 13.9 Å². The molecule has 0 saturated heterocycles. The van der Waals surface area contributed by atoms with Crippen molar-refractivity contribution in [1.29, 1.82) is 0 Å². The summed E-state index contributed by atoms with van der Waals surface area (Å²) in [5.74, 6) is 0.366. The molecule has 1 atom stereocenters. The minimum absolute atomic E-state index is 0.108. The average molecular weight is 406 g/mol. The van der Waals surface area contributed by atoms with Crippen molar-refractivity contribution in [3.05, 3.63) is 72.0 Å². The highest BCUT2D eigenvalue weighted by molar-refractivity contribution is 6.07. The number of carbonyl (C=O) groups is 1. The summed E-state index contributed by atoms with van der Waals surface area (Å²) < 4.78 is 20.7. The number of halogens is 1. The molecule has 156 valence electrons. The van der Waals surface area contributed by atoms with Crippen LogP contribution in [-0.2, 0) is 10.2 Å². The molecule has 1 unspecified atom stereocenters. The van der Waals surface area contributed by atoms with Gasteiger partial charge in [0.15, 0.2) is 0 Å². The quantitative estimate of drug-likeness (QED) is 0.501. The second-order valence-corrected chi connectivity index (χ2v) is 8.22. The lowest BCUT2D eigenvalue weighted by Crippen LogP contribution is -2.38. The van der Waals surface area contributed by atoms with Gasteiger partial charge in [-0.2, -0.15) is 0 Å². The monoisotopic (exact) mass is 405 g/mol. The van der Waals surface area contributed by atoms with E-state index in [9.17, 15) is 9.18 Å². The van der Waals surface area contributed by atoms with Crippen LogP contribution in [0.2, 0.25) is 0 Å². The molecular weight excluding hydrogens is 377 g/mol. The molecular formula is C26H28FNO2. The van der Waals surface area contributed by atoms with Gasteiger partial charge in [-0.25, -0.2) is 4.39 Å². The molecule has 4 heteroatoms. The number of hydrogen-bond acceptors (Lipinski definition) is 2. The molecule has 0 radical (unpaired) electrons. The zero-order valence-corrected chi connectivity index (χ0v) is 17.6. The van der Waals surface area contributed by atoms with E-state index in [1.165, 1.54) is 6.07 Å². The van der Waals surface area contributed by atoms with E-state index in [-0.39, 0.29) is 17.8 Å². The van der Waals surface area contributed by atoms with E-state index in [1.54, 1.807) is 12.1 Å². The van der Waals surface area contributed by atoms with Crippen molar-refractivity contribution in [2.75, 3.05) is 5.32 Å². The van der Waals surface area contributed by atoms with Crippen LogP contribution in [0.1, 0.15) is 51.5 Å². The number of fused-ring (bicyclic) bond motifs is 1. The third-order valence-electron chi connectivity index (χ3n) is 6.32. The van der Waals surface area contributed by atoms with E-state index in [4.69, 9.17) is 4.74 Å². The van der Waals surface area contributed by atoms with Crippen LogP contribution in [0, 0.1) is 5.82 Å². The Morgan fingerprint density at radius 3 is 2.40 bits per heavy atom. The van der Waals surface area contributed by atoms with Crippen molar-refractivity contribution in [2.24, 2.45) is 0 Å². The van der Waals surface area contributed by atoms with Gasteiger partial charge in [0.05, 0.1) is 11.5 Å². The van der Waals surface area contributed by atoms with Crippen molar-refractivity contribution in [3.63, 3.8) is 0 Å². The van der Waals surface area contributed by atoms with E-state index in [0.29, 0.717) is 18.4 Å². The Kier molecular flexibility index (Phi) is 5.76. The van der Waals surface area contributed by atoms with Gasteiger partial charge in [0.1, 0.15) is 11.6 Å². The van der Waals surface area contributed by atoms with Crippen LogP contribution >= 0.6 is 0 Å². The fourth-order valence-electron chi connectivity index (χ4n) is 4.47. The van der Waals surface area contributed by atoms with Gasteiger partial charge in [0, 0.05) is 22.0 Å². The lowest BCUT2D eigenvalue weighted by molar-refractivity contribution is -0.121. The van der Waals surface area contributed by atoms with Gasteiger partial charge in [0.25, 0.3) is 0 Å². The third kappa shape index (κ3) is 3.67. The standard InChI is InChI=1S/C26H28FNO2/c1-3-18(2)30-24-15-14-23(19-10-4-5-11-20(19)24)28-25(29)26(16-8-9-17-26)21-12-6-7-13-22(21)27/h4-7,10-15,18H,3,8-9,16-17H2,1-2H3,(H,28,29). The van der Waals surface area contributed by atoms with Crippen molar-refractivity contribution >= 4 is 22.4 Å². The maximum absolute atomic E-state index is 14.6. The zero-order chi connectivity index (χ0) is 21.1. The molecule has 1 amide bonds. The van der Waals surface area contributed by atoms with Gasteiger partial charge in [-0.05, 0) is 44.4 Å². The molecule has 30 heavy (non-hydrogen) atoms. The van der Waals surface area contributed by atoms with Gasteiger partial charge >= 0.3 is 0 Å². The highest BCUT2D eigenvalue weighted by atomic mass is 19.1. The number of anilines is 1. The first-order valence-electron chi connectivity index (χ1n) is 10.8. The summed E-state index contributed by atoms with van der Waals surface area (Å²) in [6, 6.07) is 18.4. The number of carbonyl (C=O) groups excluding carboxylic acids is 1. The van der Waals surface area contributed by atoms with Gasteiger partial charge in [-0.3, -0.25) is 4.79 Å². The van der Waals surface area contributed by atoms with Gasteiger partial charge in [-0.1, -0.05) is 62.2 Å². The van der Waals surface area contributed by atoms with E-state index in [1.807, 2.05) is 49.4 Å². The second kappa shape index (κ2) is 8.47. The Hall–Kier alpha value is -2.88. The summed E-state index contributed by atoms with van der Waals surface area (Å²) in [4.78, 5) is 13.5. The van der Waals surface area contributed by atoms with Crippen LogP contribution in [0.25, 0.3) is 10.8 Å². The third-order valence-corrected chi connectivity index (χ3v) is 6.32. The summed E-state index contributed by atoms with van der Waals surface area (Å²) >= 11 is 0. The Labute approximate surface area is 177 Å². The van der Waals surface area contributed by atoms with E-state index in [2.05, 4.69) is 12.2 Å². The van der Waals surface area contributed by atoms with Crippen molar-refractivity contribution in [2.45, 2.75) is 57.5 Å². The van der Waals surface area contributed by atoms with Crippen molar-refractivity contribution in [1.82, 2.24) is 0 Å². The molecule has 0 spiro atoms. The van der Waals surface area contributed by atoms with Crippen LogP contribution in [0.4, 0.5) is 10.1 Å². The molecule has 0 heterocycles. The minimum atomic E-state index is -0.821. The summed E-state index contributed by atoms with van der Waals surface area (Å²) in [5.41, 5.74) is 0.411. The van der Waals surface area contributed by atoms with Gasteiger partial charge in [-0.15, -0.1) is 0 Å². The van der Waals surface area contributed by atoms with E-state index < -0.39 is 5.41 Å². The molecule has 0 aliphatic heterocycles. The Morgan fingerprint density at radius 1 is 1.03 bits per heavy atom. The molecule has 4 rings (SSSR count). The number of ether oxygens (including phenoxy) is 1. The first-order valence-corrected chi connectivity index (χ1v) is 10.8. The molecule has 3 aromatic carbocycles. The van der Waals surface area contributed by atoms with Gasteiger partial charge in [0.2, 0.25) is 5.91 Å². The number of rotatable bonds is 6. The second-order valence-electron chi connectivity index (χ2n) is 8.22. The molecule has 1 N–H and O–H groups in total. The summed E-state index contributed by atoms with van der Waals surface area (Å²) in [6.45, 7) is 4.13. The smallest absolute Gasteiger partial charge is 0.235 e. The van der Waals surface area contributed by atoms with E-state index in [0.717, 1.165) is 41.5 Å². The molecule has 1 fully saturated rings. The molecule has 0 bridgehead atoms. The number of amides is 1. The Balaban J connectivity index is 1.71. The van der Waals surface area contributed by atoms with Crippen molar-refractivity contribution in [3.8, 4) is 5.75 Å². The van der Waals surface area contributed by atoms with Crippen LogP contribution in [0.15, 0.2) is 60.7 Å². The summed E-state index contributed by atoms with van der Waals surface area (Å²) in [6.07, 6.45) is 4.18. The van der Waals surface area contributed by atoms with Gasteiger partial charge < -0.3 is 10.1 Å². The topological polar surface area (TPSA) is 38.3 Å². The SMILES string of the molecule is CCC(C)Oc1ccc(NC(=O)C2(c3ccccc3F)CCCC2)c2ccccc12. The van der Waals surface area contributed by atoms with Crippen LogP contribution in [-0.4, -0.2) is 12.0 Å². The molecule has 3 aromatic rings. The van der Waals surface area contributed by atoms with Crippen LogP contribution in [0.5, 0.6) is 5.75 Å². The van der Waals surface area contributed by atoms with Crippen LogP contribution < -0.4 is 10.1 Å². The largest absolute Gasteiger partial charge is 0.490 e. The molecule has 1 aliphatic rings. The summed E-state index contributed by atoms with van der Waals surface area (Å²) in [7, 11) is 0. The Morgan fingerprint density at radius 2 is 1.70 bits per heavy atom. The highest BCUT2D eigenvalue weighted by Crippen LogP contribution is 2.43. The fraction of sp³-hybridized carbons (Fsp3) is 0.346. The lowest BCUT2D eigenvalue weighted by atomic mass is 9.77. The number of benzene rings is 3. The summed E-state index contributed by atoms with van der Waals surface area (Å²) in [5, 5.41) is 5.01. The maximum Gasteiger partial charge on any atom is 0.235 e. The first-order chi connectivity index (χ1) is 14.5. The zero-order valence-electron chi connectivity index (χ0n) is 17.6. The normalized spacial score (nSPS) is 16.4. The number of nitrogens with one attached hydrogen (secondary N) is 1. The molecule has 1 aliphatic carbocycles. The highest BCUT2D eigenvalue weighted by Gasteiger charge is 2.44. The predicted octanol–water partition coefficient (Wildman–Crippen LogP) is 6.61. The minimum Gasteiger partial charge on any atom is -0.490 e. The van der Waals surface area contributed by atoms with E-state index >= 15 is 0 Å². The first kappa shape index (κ1) is 20.4. The number of hydrogen-bond donors (Lipinski definition) is 1.